The Morgan fingerprint density at radius 1 is 1.38 bits per heavy atom. The fourth-order valence-corrected chi connectivity index (χ4v) is 2.09. The average Bonchev–Trinajstić information content (AvgIpc) is 2.53. The number of hydrogen-bond acceptors (Lipinski definition) is 3. The zero-order valence-electron chi connectivity index (χ0n) is 7.99. The highest BCUT2D eigenvalue weighted by molar-refractivity contribution is 5.40. The molecular weight excluding hydrogens is 164 g/mol. The summed E-state index contributed by atoms with van der Waals surface area (Å²) in [5, 5.41) is 3.72. The number of anilines is 1. The highest BCUT2D eigenvalue weighted by Gasteiger charge is 2.24. The monoisotopic (exact) mass is 180 g/mol. The van der Waals surface area contributed by atoms with Crippen LogP contribution in [0.2, 0.25) is 0 Å². The van der Waals surface area contributed by atoms with Gasteiger partial charge in [0, 0.05) is 5.92 Å². The maximum Gasteiger partial charge on any atom is 0.162 e. The van der Waals surface area contributed by atoms with Gasteiger partial charge in [0.2, 0.25) is 0 Å². The van der Waals surface area contributed by atoms with E-state index in [1.54, 1.807) is 6.20 Å². The molecule has 2 N–H and O–H groups in total. The summed E-state index contributed by atoms with van der Waals surface area (Å²) < 4.78 is 5.16. The molecule has 2 rings (SSSR count). The third-order valence-corrected chi connectivity index (χ3v) is 3.01. The van der Waals surface area contributed by atoms with Gasteiger partial charge < -0.3 is 10.3 Å². The first-order valence-corrected chi connectivity index (χ1v) is 4.97. The molecule has 0 bridgehead atoms. The van der Waals surface area contributed by atoms with Crippen LogP contribution in [-0.2, 0) is 0 Å². The molecule has 1 aromatic rings. The average molecular weight is 180 g/mol. The van der Waals surface area contributed by atoms with Crippen molar-refractivity contribution in [1.29, 1.82) is 0 Å². The van der Waals surface area contributed by atoms with Crippen molar-refractivity contribution in [1.82, 2.24) is 5.16 Å². The van der Waals surface area contributed by atoms with Gasteiger partial charge in [-0.25, -0.2) is 0 Å². The number of aromatic nitrogens is 1. The maximum absolute atomic E-state index is 5.75. The minimum absolute atomic E-state index is 0.513. The number of rotatable bonds is 1. The number of nitrogens with zero attached hydrogens (tertiary/aromatic N) is 1. The quantitative estimate of drug-likeness (QED) is 0.722. The Balaban J connectivity index is 2.06. The van der Waals surface area contributed by atoms with E-state index < -0.39 is 0 Å². The van der Waals surface area contributed by atoms with E-state index in [-0.39, 0.29) is 0 Å². The lowest BCUT2D eigenvalue weighted by atomic mass is 9.81. The van der Waals surface area contributed by atoms with Crippen LogP contribution in [0.15, 0.2) is 10.7 Å². The highest BCUT2D eigenvalue weighted by atomic mass is 16.5. The number of nitrogens with two attached hydrogens (primary N) is 1. The molecule has 3 nitrogen and oxygen atoms in total. The lowest BCUT2D eigenvalue weighted by Crippen LogP contribution is -2.11. The van der Waals surface area contributed by atoms with Crippen molar-refractivity contribution in [2.75, 3.05) is 5.73 Å². The summed E-state index contributed by atoms with van der Waals surface area (Å²) in [7, 11) is 0. The molecule has 3 heteroatoms. The van der Waals surface area contributed by atoms with Crippen LogP contribution >= 0.6 is 0 Å². The summed E-state index contributed by atoms with van der Waals surface area (Å²) in [6.07, 6.45) is 6.56. The molecule has 0 aliphatic heterocycles. The highest BCUT2D eigenvalue weighted by Crippen LogP contribution is 2.37. The maximum atomic E-state index is 5.75. The fourth-order valence-electron chi connectivity index (χ4n) is 2.09. The second-order valence-electron chi connectivity index (χ2n) is 4.10. The molecule has 0 amide bonds. The van der Waals surface area contributed by atoms with Gasteiger partial charge in [0.05, 0.1) is 11.9 Å². The van der Waals surface area contributed by atoms with Gasteiger partial charge in [-0.2, -0.15) is 0 Å². The van der Waals surface area contributed by atoms with Crippen LogP contribution in [0, 0.1) is 5.92 Å². The fraction of sp³-hybridized carbons (Fsp3) is 0.700. The zero-order valence-corrected chi connectivity index (χ0v) is 7.99. The normalized spacial score (nSPS) is 29.0. The first-order chi connectivity index (χ1) is 6.27. The standard InChI is InChI=1S/C10H16N2O/c1-7-2-4-8(5-3-7)10-9(11)6-12-13-10/h6-8H,2-5,11H2,1H3. The van der Waals surface area contributed by atoms with E-state index in [0.717, 1.165) is 17.4 Å². The Kier molecular flexibility index (Phi) is 2.25. The van der Waals surface area contributed by atoms with Crippen molar-refractivity contribution in [3.63, 3.8) is 0 Å². The van der Waals surface area contributed by atoms with E-state index in [0.29, 0.717) is 5.92 Å². The Morgan fingerprint density at radius 2 is 2.08 bits per heavy atom. The van der Waals surface area contributed by atoms with Crippen molar-refractivity contribution >= 4 is 5.69 Å². The summed E-state index contributed by atoms with van der Waals surface area (Å²) in [4.78, 5) is 0. The molecule has 1 aromatic heterocycles. The van der Waals surface area contributed by atoms with Crippen LogP contribution in [-0.4, -0.2) is 5.16 Å². The van der Waals surface area contributed by atoms with Gasteiger partial charge in [-0.15, -0.1) is 0 Å². The van der Waals surface area contributed by atoms with E-state index in [2.05, 4.69) is 12.1 Å². The lowest BCUT2D eigenvalue weighted by Gasteiger charge is -2.24. The first kappa shape index (κ1) is 8.60. The molecule has 1 heterocycles. The van der Waals surface area contributed by atoms with Crippen molar-refractivity contribution in [2.24, 2.45) is 5.92 Å². The van der Waals surface area contributed by atoms with Crippen LogP contribution in [0.5, 0.6) is 0 Å². The molecule has 1 aliphatic carbocycles. The van der Waals surface area contributed by atoms with Crippen LogP contribution in [0.1, 0.15) is 44.3 Å². The van der Waals surface area contributed by atoms with Crippen LogP contribution in [0.3, 0.4) is 0 Å². The number of nitrogen functional groups attached to an aromatic ring is 1. The van der Waals surface area contributed by atoms with Gasteiger partial charge in [-0.3, -0.25) is 0 Å². The van der Waals surface area contributed by atoms with Crippen molar-refractivity contribution in [3.05, 3.63) is 12.0 Å². The third-order valence-electron chi connectivity index (χ3n) is 3.01. The molecule has 0 unspecified atom stereocenters. The molecule has 0 atom stereocenters. The van der Waals surface area contributed by atoms with Crippen LogP contribution in [0.25, 0.3) is 0 Å². The number of hydrogen-bond donors (Lipinski definition) is 1. The summed E-state index contributed by atoms with van der Waals surface area (Å²) in [5.74, 6) is 2.28. The van der Waals surface area contributed by atoms with Gasteiger partial charge in [0.15, 0.2) is 5.76 Å². The Hall–Kier alpha value is -0.990. The predicted octanol–water partition coefficient (Wildman–Crippen LogP) is 2.55. The largest absolute Gasteiger partial charge is 0.395 e. The second kappa shape index (κ2) is 3.40. The summed E-state index contributed by atoms with van der Waals surface area (Å²) in [5.41, 5.74) is 6.47. The molecule has 13 heavy (non-hydrogen) atoms. The molecule has 1 fully saturated rings. The topological polar surface area (TPSA) is 52.0 Å². The van der Waals surface area contributed by atoms with Gasteiger partial charge in [-0.05, 0) is 18.8 Å². The van der Waals surface area contributed by atoms with E-state index >= 15 is 0 Å². The Labute approximate surface area is 78.3 Å². The van der Waals surface area contributed by atoms with Crippen molar-refractivity contribution < 1.29 is 4.52 Å². The second-order valence-corrected chi connectivity index (χ2v) is 4.10. The summed E-state index contributed by atoms with van der Waals surface area (Å²) in [6.45, 7) is 2.31. The van der Waals surface area contributed by atoms with E-state index in [1.807, 2.05) is 0 Å². The SMILES string of the molecule is CC1CCC(c2oncc2N)CC1. The lowest BCUT2D eigenvalue weighted by molar-refractivity contribution is 0.288. The van der Waals surface area contributed by atoms with E-state index in [9.17, 15) is 0 Å². The molecular formula is C10H16N2O. The molecule has 0 spiro atoms. The molecule has 0 aromatic carbocycles. The molecule has 1 saturated carbocycles. The Bertz CT molecular complexity index is 274. The van der Waals surface area contributed by atoms with Crippen LogP contribution in [0.4, 0.5) is 5.69 Å². The molecule has 0 saturated heterocycles. The van der Waals surface area contributed by atoms with Gasteiger partial charge >= 0.3 is 0 Å². The van der Waals surface area contributed by atoms with Gasteiger partial charge in [0.25, 0.3) is 0 Å². The molecule has 1 aliphatic rings. The summed E-state index contributed by atoms with van der Waals surface area (Å²) in [6, 6.07) is 0. The first-order valence-electron chi connectivity index (χ1n) is 4.97. The van der Waals surface area contributed by atoms with E-state index in [4.69, 9.17) is 10.3 Å². The smallest absolute Gasteiger partial charge is 0.162 e. The molecule has 72 valence electrons. The third kappa shape index (κ3) is 1.69. The van der Waals surface area contributed by atoms with E-state index in [1.165, 1.54) is 25.7 Å². The molecule has 0 radical (unpaired) electrons. The van der Waals surface area contributed by atoms with Crippen molar-refractivity contribution in [2.45, 2.75) is 38.5 Å². The summed E-state index contributed by atoms with van der Waals surface area (Å²) >= 11 is 0. The van der Waals surface area contributed by atoms with Crippen LogP contribution < -0.4 is 5.73 Å². The van der Waals surface area contributed by atoms with Crippen molar-refractivity contribution in [3.8, 4) is 0 Å². The van der Waals surface area contributed by atoms with Gasteiger partial charge in [-0.1, -0.05) is 24.9 Å². The zero-order chi connectivity index (χ0) is 9.26. The minimum Gasteiger partial charge on any atom is -0.395 e. The predicted molar refractivity (Wildman–Crippen MR) is 51.3 cm³/mol. The minimum atomic E-state index is 0.513. The van der Waals surface area contributed by atoms with Gasteiger partial charge in [0.1, 0.15) is 0 Å². The Morgan fingerprint density at radius 3 is 2.62 bits per heavy atom.